The maximum absolute atomic E-state index is 13.2. The molecule has 1 atom stereocenters. The van der Waals surface area contributed by atoms with Gasteiger partial charge in [0.05, 0.1) is 11.7 Å². The monoisotopic (exact) mass is 535 g/mol. The van der Waals surface area contributed by atoms with Crippen LogP contribution in [-0.2, 0) is 4.79 Å². The SMILES string of the molecule is Cc1cc(Nc2ncnc3cnc(N4CC/C(=C\C(C)N(C)C)C4=O)cc23)ccc1Oc1ccn2ncnc2c1. The second-order valence-corrected chi connectivity index (χ2v) is 10.0. The smallest absolute Gasteiger partial charge is 0.255 e. The Bertz CT molecular complexity index is 1760. The number of carbonyl (C=O) groups is 1. The largest absolute Gasteiger partial charge is 0.457 e. The van der Waals surface area contributed by atoms with Gasteiger partial charge in [0.25, 0.3) is 5.91 Å². The van der Waals surface area contributed by atoms with E-state index in [0.717, 1.165) is 28.0 Å². The molecule has 0 bridgehead atoms. The van der Waals surface area contributed by atoms with E-state index < -0.39 is 0 Å². The molecule has 1 unspecified atom stereocenters. The molecule has 11 nitrogen and oxygen atoms in total. The van der Waals surface area contributed by atoms with Crippen LogP contribution in [0.25, 0.3) is 16.6 Å². The average molecular weight is 536 g/mol. The van der Waals surface area contributed by atoms with Crippen molar-refractivity contribution in [2.45, 2.75) is 26.3 Å². The summed E-state index contributed by atoms with van der Waals surface area (Å²) >= 11 is 0. The lowest BCUT2D eigenvalue weighted by Crippen LogP contribution is -2.27. The van der Waals surface area contributed by atoms with Crippen LogP contribution in [0.2, 0.25) is 0 Å². The highest BCUT2D eigenvalue weighted by atomic mass is 16.5. The zero-order valence-electron chi connectivity index (χ0n) is 22.7. The molecule has 202 valence electrons. The fraction of sp³-hybridized carbons (Fsp3) is 0.241. The van der Waals surface area contributed by atoms with Crippen LogP contribution in [0.5, 0.6) is 11.5 Å². The van der Waals surface area contributed by atoms with Crippen LogP contribution in [0.4, 0.5) is 17.3 Å². The molecule has 1 saturated heterocycles. The number of anilines is 3. The van der Waals surface area contributed by atoms with E-state index in [9.17, 15) is 4.79 Å². The highest BCUT2D eigenvalue weighted by Gasteiger charge is 2.29. The van der Waals surface area contributed by atoms with Crippen LogP contribution in [-0.4, -0.2) is 67.0 Å². The number of nitrogens with zero attached hydrogens (tertiary/aromatic N) is 8. The van der Waals surface area contributed by atoms with Crippen LogP contribution >= 0.6 is 0 Å². The number of amides is 1. The number of ether oxygens (including phenoxy) is 1. The van der Waals surface area contributed by atoms with Crippen molar-refractivity contribution in [1.82, 2.24) is 34.4 Å². The highest BCUT2D eigenvalue weighted by molar-refractivity contribution is 6.08. The molecule has 0 radical (unpaired) electrons. The number of likely N-dealkylation sites (N-methyl/N-ethyl adjacent to an activating group) is 1. The van der Waals surface area contributed by atoms with Crippen LogP contribution in [0.3, 0.4) is 0 Å². The van der Waals surface area contributed by atoms with Gasteiger partial charge in [-0.15, -0.1) is 0 Å². The molecule has 0 aliphatic carbocycles. The van der Waals surface area contributed by atoms with Gasteiger partial charge in [-0.25, -0.2) is 24.5 Å². The topological polar surface area (TPSA) is 114 Å². The molecule has 1 aliphatic rings. The number of fused-ring (bicyclic) bond motifs is 2. The molecule has 11 heteroatoms. The van der Waals surface area contributed by atoms with E-state index in [1.807, 2.05) is 69.7 Å². The van der Waals surface area contributed by atoms with Crippen molar-refractivity contribution in [1.29, 1.82) is 0 Å². The first kappa shape index (κ1) is 25.4. The molecule has 0 saturated carbocycles. The van der Waals surface area contributed by atoms with Crippen molar-refractivity contribution in [3.05, 3.63) is 78.7 Å². The molecule has 6 rings (SSSR count). The Morgan fingerprint density at radius 1 is 1.07 bits per heavy atom. The fourth-order valence-electron chi connectivity index (χ4n) is 4.59. The standard InChI is InChI=1S/C29H29N9O2/c1-18-11-21(5-6-25(18)40-22-8-10-38-27(13-22)32-17-34-38)35-28-23-14-26(30-15-24(23)31-16-33-28)37-9-7-20(29(37)39)12-19(2)36(3)4/h5-6,8,10-17,19H,7,9H2,1-4H3,(H,31,33,35)/b20-12+. The molecular formula is C29H29N9O2. The van der Waals surface area contributed by atoms with Gasteiger partial charge in [0.15, 0.2) is 5.65 Å². The van der Waals surface area contributed by atoms with E-state index in [1.165, 1.54) is 12.7 Å². The molecule has 1 N–H and O–H groups in total. The van der Waals surface area contributed by atoms with E-state index in [0.29, 0.717) is 41.5 Å². The molecule has 1 aliphatic heterocycles. The minimum absolute atomic E-state index is 0.0127. The van der Waals surface area contributed by atoms with Crippen molar-refractivity contribution >= 4 is 39.8 Å². The van der Waals surface area contributed by atoms with Gasteiger partial charge in [0.1, 0.15) is 35.8 Å². The number of aryl methyl sites for hydroxylation is 1. The maximum Gasteiger partial charge on any atom is 0.255 e. The minimum atomic E-state index is -0.0127. The van der Waals surface area contributed by atoms with Crippen LogP contribution in [0.15, 0.2) is 73.1 Å². The summed E-state index contributed by atoms with van der Waals surface area (Å²) in [6.07, 6.45) is 9.22. The number of hydrogen-bond acceptors (Lipinski definition) is 9. The Morgan fingerprint density at radius 3 is 2.77 bits per heavy atom. The van der Waals surface area contributed by atoms with Crippen molar-refractivity contribution < 1.29 is 9.53 Å². The average Bonchev–Trinajstić information content (AvgIpc) is 3.56. The Hall–Kier alpha value is -4.90. The summed E-state index contributed by atoms with van der Waals surface area (Å²) in [5.74, 6) is 2.61. The summed E-state index contributed by atoms with van der Waals surface area (Å²) < 4.78 is 7.78. The quantitative estimate of drug-likeness (QED) is 0.300. The third-order valence-electron chi connectivity index (χ3n) is 7.08. The number of hydrogen-bond donors (Lipinski definition) is 1. The Morgan fingerprint density at radius 2 is 1.95 bits per heavy atom. The second-order valence-electron chi connectivity index (χ2n) is 10.0. The lowest BCUT2D eigenvalue weighted by atomic mass is 10.1. The summed E-state index contributed by atoms with van der Waals surface area (Å²) in [6, 6.07) is 11.6. The zero-order valence-corrected chi connectivity index (χ0v) is 22.7. The zero-order chi connectivity index (χ0) is 27.8. The number of pyridine rings is 2. The van der Waals surface area contributed by atoms with Gasteiger partial charge in [-0.3, -0.25) is 9.69 Å². The van der Waals surface area contributed by atoms with Crippen molar-refractivity contribution in [2.75, 3.05) is 30.9 Å². The van der Waals surface area contributed by atoms with E-state index in [-0.39, 0.29) is 11.9 Å². The van der Waals surface area contributed by atoms with Gasteiger partial charge in [-0.2, -0.15) is 5.10 Å². The molecule has 4 aromatic heterocycles. The van der Waals surface area contributed by atoms with E-state index in [4.69, 9.17) is 4.74 Å². The normalized spacial score (nSPS) is 15.5. The number of aromatic nitrogens is 6. The number of nitrogens with one attached hydrogen (secondary N) is 1. The Balaban J connectivity index is 1.23. The third kappa shape index (κ3) is 4.94. The van der Waals surface area contributed by atoms with Crippen LogP contribution < -0.4 is 15.0 Å². The van der Waals surface area contributed by atoms with Crippen molar-refractivity contribution in [3.63, 3.8) is 0 Å². The molecule has 0 spiro atoms. The summed E-state index contributed by atoms with van der Waals surface area (Å²) in [4.78, 5) is 34.6. The maximum atomic E-state index is 13.2. The molecule has 1 amide bonds. The van der Waals surface area contributed by atoms with Gasteiger partial charge in [-0.05, 0) is 70.3 Å². The van der Waals surface area contributed by atoms with E-state index >= 15 is 0 Å². The van der Waals surface area contributed by atoms with Gasteiger partial charge in [-0.1, -0.05) is 6.08 Å². The Labute approximate surface area is 231 Å². The summed E-state index contributed by atoms with van der Waals surface area (Å²) in [6.45, 7) is 4.65. The lowest BCUT2D eigenvalue weighted by molar-refractivity contribution is -0.114. The van der Waals surface area contributed by atoms with Crippen LogP contribution in [0.1, 0.15) is 18.9 Å². The predicted octanol–water partition coefficient (Wildman–Crippen LogP) is 4.53. The van der Waals surface area contributed by atoms with Gasteiger partial charge in [0, 0.05) is 41.5 Å². The molecule has 40 heavy (non-hydrogen) atoms. The van der Waals surface area contributed by atoms with E-state index in [1.54, 1.807) is 15.6 Å². The van der Waals surface area contributed by atoms with Crippen LogP contribution in [0, 0.1) is 6.92 Å². The van der Waals surface area contributed by atoms with Gasteiger partial charge < -0.3 is 15.0 Å². The molecule has 1 aromatic carbocycles. The highest BCUT2D eigenvalue weighted by Crippen LogP contribution is 2.32. The molecule has 5 aromatic rings. The number of carbonyl (C=O) groups excluding carboxylic acids is 1. The summed E-state index contributed by atoms with van der Waals surface area (Å²) in [5, 5.41) is 8.29. The van der Waals surface area contributed by atoms with Crippen molar-refractivity contribution in [2.24, 2.45) is 0 Å². The molecular weight excluding hydrogens is 506 g/mol. The minimum Gasteiger partial charge on any atom is -0.457 e. The Kier molecular flexibility index (Phi) is 6.56. The van der Waals surface area contributed by atoms with Crippen molar-refractivity contribution in [3.8, 4) is 11.5 Å². The molecule has 1 fully saturated rings. The first-order chi connectivity index (χ1) is 19.4. The summed E-state index contributed by atoms with van der Waals surface area (Å²) in [5.41, 5.74) is 4.00. The lowest BCUT2D eigenvalue weighted by Gasteiger charge is -2.17. The number of rotatable bonds is 7. The van der Waals surface area contributed by atoms with E-state index in [2.05, 4.69) is 42.2 Å². The first-order valence-corrected chi connectivity index (χ1v) is 13.0. The molecule has 5 heterocycles. The first-order valence-electron chi connectivity index (χ1n) is 13.0. The third-order valence-corrected chi connectivity index (χ3v) is 7.08. The summed E-state index contributed by atoms with van der Waals surface area (Å²) in [7, 11) is 4.00. The number of benzene rings is 1. The predicted molar refractivity (Wildman–Crippen MR) is 153 cm³/mol. The second kappa shape index (κ2) is 10.3. The van der Waals surface area contributed by atoms with Gasteiger partial charge in [0.2, 0.25) is 0 Å². The van der Waals surface area contributed by atoms with Gasteiger partial charge >= 0.3 is 0 Å². The fourth-order valence-corrected chi connectivity index (χ4v) is 4.59.